The summed E-state index contributed by atoms with van der Waals surface area (Å²) < 4.78 is 17.8. The minimum Gasteiger partial charge on any atom is -0.466 e. The highest BCUT2D eigenvalue weighted by Crippen LogP contribution is 2.25. The number of hydrogen-bond donors (Lipinski definition) is 0. The second-order valence-electron chi connectivity index (χ2n) is 3.92. The van der Waals surface area contributed by atoms with Gasteiger partial charge in [-0.05, 0) is 37.0 Å². The molecule has 4 heteroatoms. The molecule has 0 heterocycles. The van der Waals surface area contributed by atoms with Crippen molar-refractivity contribution in [2.75, 3.05) is 6.61 Å². The van der Waals surface area contributed by atoms with Gasteiger partial charge in [-0.25, -0.2) is 4.39 Å². The van der Waals surface area contributed by atoms with Crippen molar-refractivity contribution in [2.24, 2.45) is 0 Å². The van der Waals surface area contributed by atoms with Crippen LogP contribution in [-0.2, 0) is 9.53 Å². The van der Waals surface area contributed by atoms with E-state index in [1.807, 2.05) is 6.92 Å². The highest BCUT2D eigenvalue weighted by Gasteiger charge is 2.11. The maximum Gasteiger partial charge on any atom is 0.305 e. The third kappa shape index (κ3) is 4.35. The Bertz CT molecular complexity index is 393. The van der Waals surface area contributed by atoms with Crippen molar-refractivity contribution >= 4 is 17.6 Å². The summed E-state index contributed by atoms with van der Waals surface area (Å²) in [5, 5.41) is 0.116. The molecule has 17 heavy (non-hydrogen) atoms. The van der Waals surface area contributed by atoms with Gasteiger partial charge in [0.2, 0.25) is 0 Å². The zero-order chi connectivity index (χ0) is 12.8. The summed E-state index contributed by atoms with van der Waals surface area (Å²) >= 11 is 5.70. The third-order valence-electron chi connectivity index (χ3n) is 2.60. The van der Waals surface area contributed by atoms with Crippen LogP contribution in [0.1, 0.15) is 38.2 Å². The standard InChI is InChI=1S/C13H16ClFO2/c1-3-17-13(16)7-4-9(2)10-5-6-12(15)11(14)8-10/h5-6,8-9H,3-4,7H2,1-2H3/t9-/m0/s1. The maximum absolute atomic E-state index is 13.0. The van der Waals surface area contributed by atoms with Gasteiger partial charge in [0.1, 0.15) is 5.82 Å². The normalized spacial score (nSPS) is 12.2. The molecule has 1 aromatic carbocycles. The zero-order valence-corrected chi connectivity index (χ0v) is 10.8. The van der Waals surface area contributed by atoms with Crippen LogP contribution in [0.5, 0.6) is 0 Å². The van der Waals surface area contributed by atoms with E-state index in [-0.39, 0.29) is 16.9 Å². The van der Waals surface area contributed by atoms with E-state index in [9.17, 15) is 9.18 Å². The molecule has 0 unspecified atom stereocenters. The number of carbonyl (C=O) groups excluding carboxylic acids is 1. The first-order valence-corrected chi connectivity index (χ1v) is 6.03. The summed E-state index contributed by atoms with van der Waals surface area (Å²) in [6.45, 7) is 4.15. The van der Waals surface area contributed by atoms with Crippen molar-refractivity contribution in [1.82, 2.24) is 0 Å². The lowest BCUT2D eigenvalue weighted by molar-refractivity contribution is -0.143. The molecule has 1 aromatic rings. The predicted molar refractivity (Wildman–Crippen MR) is 65.7 cm³/mol. The largest absolute Gasteiger partial charge is 0.466 e. The molecule has 1 rings (SSSR count). The molecule has 0 bridgehead atoms. The lowest BCUT2D eigenvalue weighted by Gasteiger charge is -2.11. The number of rotatable bonds is 5. The van der Waals surface area contributed by atoms with Gasteiger partial charge >= 0.3 is 5.97 Å². The van der Waals surface area contributed by atoms with Crippen LogP contribution in [0.15, 0.2) is 18.2 Å². The molecule has 94 valence electrons. The zero-order valence-electron chi connectivity index (χ0n) is 10.0. The molecule has 0 N–H and O–H groups in total. The van der Waals surface area contributed by atoms with E-state index in [1.54, 1.807) is 19.1 Å². The van der Waals surface area contributed by atoms with Crippen molar-refractivity contribution in [1.29, 1.82) is 0 Å². The van der Waals surface area contributed by atoms with Gasteiger partial charge in [0.15, 0.2) is 0 Å². The summed E-state index contributed by atoms with van der Waals surface area (Å²) in [4.78, 5) is 11.2. The van der Waals surface area contributed by atoms with Gasteiger partial charge < -0.3 is 4.74 Å². The second-order valence-corrected chi connectivity index (χ2v) is 4.33. The van der Waals surface area contributed by atoms with Crippen LogP contribution in [0.2, 0.25) is 5.02 Å². The van der Waals surface area contributed by atoms with E-state index >= 15 is 0 Å². The lowest BCUT2D eigenvalue weighted by Crippen LogP contribution is -2.05. The molecule has 1 atom stereocenters. The number of carbonyl (C=O) groups is 1. The molecule has 0 aliphatic heterocycles. The highest BCUT2D eigenvalue weighted by atomic mass is 35.5. The van der Waals surface area contributed by atoms with Crippen molar-refractivity contribution < 1.29 is 13.9 Å². The Morgan fingerprint density at radius 1 is 1.53 bits per heavy atom. The summed E-state index contributed by atoms with van der Waals surface area (Å²) in [7, 11) is 0. The van der Waals surface area contributed by atoms with E-state index in [1.165, 1.54) is 6.07 Å². The second kappa shape index (κ2) is 6.60. The molecular formula is C13H16ClFO2. The van der Waals surface area contributed by atoms with Crippen LogP contribution in [0, 0.1) is 5.82 Å². The number of hydrogen-bond acceptors (Lipinski definition) is 2. The van der Waals surface area contributed by atoms with Crippen molar-refractivity contribution in [3.05, 3.63) is 34.6 Å². The Kier molecular flexibility index (Phi) is 5.42. The van der Waals surface area contributed by atoms with Gasteiger partial charge in [-0.3, -0.25) is 4.79 Å². The average Bonchev–Trinajstić information content (AvgIpc) is 2.30. The molecule has 2 nitrogen and oxygen atoms in total. The number of benzene rings is 1. The Balaban J connectivity index is 2.54. The van der Waals surface area contributed by atoms with E-state index in [0.29, 0.717) is 19.4 Å². The van der Waals surface area contributed by atoms with Gasteiger partial charge in [0.25, 0.3) is 0 Å². The van der Waals surface area contributed by atoms with E-state index < -0.39 is 5.82 Å². The molecule has 0 saturated carbocycles. The molecule has 0 amide bonds. The Labute approximate surface area is 106 Å². The maximum atomic E-state index is 13.0. The molecule has 0 spiro atoms. The van der Waals surface area contributed by atoms with Crippen LogP contribution in [0.25, 0.3) is 0 Å². The molecule has 0 radical (unpaired) electrons. The molecule has 0 aliphatic carbocycles. The van der Waals surface area contributed by atoms with E-state index in [4.69, 9.17) is 16.3 Å². The third-order valence-corrected chi connectivity index (χ3v) is 2.89. The number of halogens is 2. The van der Waals surface area contributed by atoms with Gasteiger partial charge in [-0.1, -0.05) is 24.6 Å². The van der Waals surface area contributed by atoms with Crippen LogP contribution in [-0.4, -0.2) is 12.6 Å². The fourth-order valence-corrected chi connectivity index (χ4v) is 1.74. The summed E-state index contributed by atoms with van der Waals surface area (Å²) in [6.07, 6.45) is 1.03. The highest BCUT2D eigenvalue weighted by molar-refractivity contribution is 6.30. The van der Waals surface area contributed by atoms with Crippen LogP contribution >= 0.6 is 11.6 Å². The first-order chi connectivity index (χ1) is 8.04. The van der Waals surface area contributed by atoms with Gasteiger partial charge in [0.05, 0.1) is 11.6 Å². The van der Waals surface area contributed by atoms with Crippen molar-refractivity contribution in [3.63, 3.8) is 0 Å². The summed E-state index contributed by atoms with van der Waals surface area (Å²) in [5.74, 6) is -0.474. The Morgan fingerprint density at radius 3 is 2.82 bits per heavy atom. The number of ether oxygens (including phenoxy) is 1. The lowest BCUT2D eigenvalue weighted by atomic mass is 9.96. The number of esters is 1. The van der Waals surface area contributed by atoms with E-state index in [2.05, 4.69) is 0 Å². The molecule has 0 fully saturated rings. The van der Waals surface area contributed by atoms with E-state index in [0.717, 1.165) is 5.56 Å². The SMILES string of the molecule is CCOC(=O)CC[C@H](C)c1ccc(F)c(Cl)c1. The van der Waals surface area contributed by atoms with Gasteiger partial charge in [-0.2, -0.15) is 0 Å². The summed E-state index contributed by atoms with van der Waals surface area (Å²) in [6, 6.07) is 4.64. The van der Waals surface area contributed by atoms with Gasteiger partial charge in [-0.15, -0.1) is 0 Å². The predicted octanol–water partition coefficient (Wildman–Crippen LogP) is 3.93. The van der Waals surface area contributed by atoms with Crippen molar-refractivity contribution in [3.8, 4) is 0 Å². The summed E-state index contributed by atoms with van der Waals surface area (Å²) in [5.41, 5.74) is 0.931. The molecule has 0 aromatic heterocycles. The minimum absolute atomic E-state index is 0.116. The van der Waals surface area contributed by atoms with Crippen LogP contribution in [0.3, 0.4) is 0 Å². The van der Waals surface area contributed by atoms with Crippen LogP contribution < -0.4 is 0 Å². The first kappa shape index (κ1) is 14.0. The smallest absolute Gasteiger partial charge is 0.305 e. The Hall–Kier alpha value is -1.09. The topological polar surface area (TPSA) is 26.3 Å². The molecule has 0 aliphatic rings. The molecule has 0 saturated heterocycles. The Morgan fingerprint density at radius 2 is 2.24 bits per heavy atom. The fourth-order valence-electron chi connectivity index (χ4n) is 1.55. The van der Waals surface area contributed by atoms with Crippen molar-refractivity contribution in [2.45, 2.75) is 32.6 Å². The quantitative estimate of drug-likeness (QED) is 0.748. The average molecular weight is 259 g/mol. The fraction of sp³-hybridized carbons (Fsp3) is 0.462. The minimum atomic E-state index is -0.423. The van der Waals surface area contributed by atoms with Crippen LogP contribution in [0.4, 0.5) is 4.39 Å². The monoisotopic (exact) mass is 258 g/mol. The molecular weight excluding hydrogens is 243 g/mol. The van der Waals surface area contributed by atoms with Gasteiger partial charge in [0, 0.05) is 6.42 Å². The first-order valence-electron chi connectivity index (χ1n) is 5.65.